The zero-order chi connectivity index (χ0) is 12.7. The van der Waals surface area contributed by atoms with Crippen molar-refractivity contribution in [1.82, 2.24) is 4.90 Å². The zero-order valence-corrected chi connectivity index (χ0v) is 11.3. The Morgan fingerprint density at radius 1 is 1.12 bits per heavy atom. The molecule has 17 heavy (non-hydrogen) atoms. The highest BCUT2D eigenvalue weighted by Gasteiger charge is 2.11. The van der Waals surface area contributed by atoms with Crippen molar-refractivity contribution in [2.24, 2.45) is 0 Å². The van der Waals surface area contributed by atoms with Crippen molar-refractivity contribution in [3.8, 4) is 0 Å². The molecular formula is C14H17Cl2N. The summed E-state index contributed by atoms with van der Waals surface area (Å²) in [4.78, 5) is 2.19. The van der Waals surface area contributed by atoms with Crippen molar-refractivity contribution in [1.29, 1.82) is 0 Å². The maximum atomic E-state index is 6.37. The van der Waals surface area contributed by atoms with Crippen LogP contribution in [-0.4, -0.2) is 24.5 Å². The molecule has 1 nitrogen and oxygen atoms in total. The molecule has 0 saturated heterocycles. The number of rotatable bonds is 7. The van der Waals surface area contributed by atoms with Crippen LogP contribution in [-0.2, 0) is 0 Å². The Labute approximate surface area is 113 Å². The summed E-state index contributed by atoms with van der Waals surface area (Å²) in [6.45, 7) is 9.86. The van der Waals surface area contributed by atoms with E-state index < -0.39 is 0 Å². The quantitative estimate of drug-likeness (QED) is 0.527. The van der Waals surface area contributed by atoms with E-state index in [-0.39, 0.29) is 5.38 Å². The first kappa shape index (κ1) is 14.3. The average molecular weight is 270 g/mol. The molecule has 1 unspecified atom stereocenters. The first-order chi connectivity index (χ1) is 8.17. The SMILES string of the molecule is C=CCN(CC=C)CC(Cl)c1ccc(Cl)cc1. The molecule has 0 radical (unpaired) electrons. The van der Waals surface area contributed by atoms with E-state index in [0.717, 1.165) is 30.2 Å². The molecule has 0 aliphatic heterocycles. The Hall–Kier alpha value is -0.760. The number of hydrogen-bond acceptors (Lipinski definition) is 1. The number of benzene rings is 1. The largest absolute Gasteiger partial charge is 0.294 e. The molecule has 92 valence electrons. The zero-order valence-electron chi connectivity index (χ0n) is 9.78. The molecule has 0 N–H and O–H groups in total. The van der Waals surface area contributed by atoms with Gasteiger partial charge in [-0.25, -0.2) is 0 Å². The van der Waals surface area contributed by atoms with Crippen LogP contribution in [0.15, 0.2) is 49.6 Å². The fourth-order valence-corrected chi connectivity index (χ4v) is 2.06. The maximum absolute atomic E-state index is 6.37. The van der Waals surface area contributed by atoms with Crippen LogP contribution in [0.1, 0.15) is 10.9 Å². The third-order valence-corrected chi connectivity index (χ3v) is 3.07. The Morgan fingerprint density at radius 2 is 1.65 bits per heavy atom. The third-order valence-electron chi connectivity index (χ3n) is 2.42. The molecule has 0 amide bonds. The molecule has 0 aliphatic rings. The monoisotopic (exact) mass is 269 g/mol. The number of alkyl halides is 1. The van der Waals surface area contributed by atoms with Gasteiger partial charge in [-0.05, 0) is 17.7 Å². The normalized spacial score (nSPS) is 12.4. The highest BCUT2D eigenvalue weighted by Crippen LogP contribution is 2.23. The van der Waals surface area contributed by atoms with Gasteiger partial charge < -0.3 is 0 Å². The summed E-state index contributed by atoms with van der Waals surface area (Å²) in [5.41, 5.74) is 1.08. The van der Waals surface area contributed by atoms with Crippen molar-refractivity contribution in [2.45, 2.75) is 5.38 Å². The summed E-state index contributed by atoms with van der Waals surface area (Å²) in [6.07, 6.45) is 3.74. The first-order valence-corrected chi connectivity index (χ1v) is 6.32. The van der Waals surface area contributed by atoms with Crippen LogP contribution in [0.25, 0.3) is 0 Å². The van der Waals surface area contributed by atoms with Crippen LogP contribution < -0.4 is 0 Å². The Kier molecular flexibility index (Phi) is 6.35. The summed E-state index contributed by atoms with van der Waals surface area (Å²) in [5, 5.41) is 0.679. The lowest BCUT2D eigenvalue weighted by Gasteiger charge is -2.22. The second-order valence-corrected chi connectivity index (χ2v) is 4.78. The fraction of sp³-hybridized carbons (Fsp3) is 0.286. The third kappa shape index (κ3) is 4.95. The smallest absolute Gasteiger partial charge is 0.0712 e. The summed E-state index contributed by atoms with van der Waals surface area (Å²) in [7, 11) is 0. The predicted octanol–water partition coefficient (Wildman–Crippen LogP) is 4.29. The Bertz CT molecular complexity index is 349. The highest BCUT2D eigenvalue weighted by atomic mass is 35.5. The van der Waals surface area contributed by atoms with Crippen molar-refractivity contribution < 1.29 is 0 Å². The molecule has 1 aromatic carbocycles. The molecule has 0 bridgehead atoms. The lowest BCUT2D eigenvalue weighted by molar-refractivity contribution is 0.335. The average Bonchev–Trinajstić information content (AvgIpc) is 2.30. The lowest BCUT2D eigenvalue weighted by atomic mass is 10.1. The van der Waals surface area contributed by atoms with Gasteiger partial charge in [0.25, 0.3) is 0 Å². The maximum Gasteiger partial charge on any atom is 0.0712 e. The topological polar surface area (TPSA) is 3.24 Å². The lowest BCUT2D eigenvalue weighted by Crippen LogP contribution is -2.27. The Balaban J connectivity index is 2.62. The summed E-state index contributed by atoms with van der Waals surface area (Å²) >= 11 is 12.2. The van der Waals surface area contributed by atoms with Gasteiger partial charge >= 0.3 is 0 Å². The van der Waals surface area contributed by atoms with E-state index in [9.17, 15) is 0 Å². The van der Waals surface area contributed by atoms with Crippen LogP contribution in [0.2, 0.25) is 5.02 Å². The standard InChI is InChI=1S/C14H17Cl2N/c1-3-9-17(10-4-2)11-14(16)12-5-7-13(15)8-6-12/h3-8,14H,1-2,9-11H2. The molecule has 0 aromatic heterocycles. The van der Waals surface area contributed by atoms with E-state index in [0.29, 0.717) is 0 Å². The summed E-state index contributed by atoms with van der Waals surface area (Å²) in [5.74, 6) is 0. The highest BCUT2D eigenvalue weighted by molar-refractivity contribution is 6.30. The molecule has 0 fully saturated rings. The van der Waals surface area contributed by atoms with Gasteiger partial charge in [-0.1, -0.05) is 35.9 Å². The first-order valence-electron chi connectivity index (χ1n) is 5.51. The van der Waals surface area contributed by atoms with Crippen LogP contribution in [0.3, 0.4) is 0 Å². The second-order valence-electron chi connectivity index (χ2n) is 3.81. The minimum atomic E-state index is -0.0489. The van der Waals surface area contributed by atoms with Gasteiger partial charge in [0.1, 0.15) is 0 Å². The number of nitrogens with zero attached hydrogens (tertiary/aromatic N) is 1. The van der Waals surface area contributed by atoms with E-state index in [1.54, 1.807) is 0 Å². The minimum absolute atomic E-state index is 0.0489. The molecule has 0 saturated carbocycles. The summed E-state index contributed by atoms with van der Waals surface area (Å²) in [6, 6.07) is 7.63. The molecule has 0 aliphatic carbocycles. The fourth-order valence-electron chi connectivity index (χ4n) is 1.59. The number of hydrogen-bond donors (Lipinski definition) is 0. The Morgan fingerprint density at radius 3 is 2.12 bits per heavy atom. The van der Waals surface area contributed by atoms with Gasteiger partial charge in [0.05, 0.1) is 5.38 Å². The van der Waals surface area contributed by atoms with Crippen LogP contribution in [0.5, 0.6) is 0 Å². The minimum Gasteiger partial charge on any atom is -0.294 e. The van der Waals surface area contributed by atoms with Gasteiger partial charge in [0, 0.05) is 24.7 Å². The molecule has 1 rings (SSSR count). The van der Waals surface area contributed by atoms with Gasteiger partial charge in [-0.3, -0.25) is 4.90 Å². The second kappa shape index (κ2) is 7.54. The molecule has 3 heteroatoms. The molecule has 1 aromatic rings. The van der Waals surface area contributed by atoms with E-state index >= 15 is 0 Å². The van der Waals surface area contributed by atoms with E-state index in [4.69, 9.17) is 23.2 Å². The molecular weight excluding hydrogens is 253 g/mol. The van der Waals surface area contributed by atoms with Crippen LogP contribution >= 0.6 is 23.2 Å². The van der Waals surface area contributed by atoms with Gasteiger partial charge in [0.2, 0.25) is 0 Å². The molecule has 0 heterocycles. The van der Waals surface area contributed by atoms with Crippen molar-refractivity contribution in [3.63, 3.8) is 0 Å². The van der Waals surface area contributed by atoms with Gasteiger partial charge in [-0.15, -0.1) is 24.8 Å². The van der Waals surface area contributed by atoms with E-state index in [2.05, 4.69) is 18.1 Å². The molecule has 1 atom stereocenters. The van der Waals surface area contributed by atoms with E-state index in [1.807, 2.05) is 36.4 Å². The van der Waals surface area contributed by atoms with Crippen LogP contribution in [0.4, 0.5) is 0 Å². The summed E-state index contributed by atoms with van der Waals surface area (Å²) < 4.78 is 0. The molecule has 0 spiro atoms. The van der Waals surface area contributed by atoms with Crippen molar-refractivity contribution in [3.05, 3.63) is 60.2 Å². The van der Waals surface area contributed by atoms with Gasteiger partial charge in [-0.2, -0.15) is 0 Å². The van der Waals surface area contributed by atoms with Crippen molar-refractivity contribution >= 4 is 23.2 Å². The van der Waals surface area contributed by atoms with E-state index in [1.165, 1.54) is 0 Å². The van der Waals surface area contributed by atoms with Crippen LogP contribution in [0, 0.1) is 0 Å². The van der Waals surface area contributed by atoms with Gasteiger partial charge in [0.15, 0.2) is 0 Å². The number of halogens is 2. The van der Waals surface area contributed by atoms with Crippen molar-refractivity contribution in [2.75, 3.05) is 19.6 Å². The predicted molar refractivity (Wildman–Crippen MR) is 76.9 cm³/mol.